The maximum Gasteiger partial charge on any atom is 0.128 e. The zero-order valence-electron chi connectivity index (χ0n) is 16.6. The quantitative estimate of drug-likeness (QED) is 0.319. The molecule has 2 N–H and O–H groups in total. The molecule has 8 nitrogen and oxygen atoms in total. The van der Waals surface area contributed by atoms with Crippen LogP contribution in [-0.2, 0) is 9.68 Å². The van der Waals surface area contributed by atoms with Gasteiger partial charge in [-0.05, 0) is 43.5 Å². The van der Waals surface area contributed by atoms with Crippen molar-refractivity contribution in [2.75, 3.05) is 27.4 Å². The topological polar surface area (TPSA) is 102 Å². The molecule has 0 amide bonds. The van der Waals surface area contributed by atoms with E-state index in [0.29, 0.717) is 35.8 Å². The lowest BCUT2D eigenvalue weighted by Crippen LogP contribution is -1.94. The summed E-state index contributed by atoms with van der Waals surface area (Å²) >= 11 is 0. The van der Waals surface area contributed by atoms with E-state index >= 15 is 0 Å². The number of aromatic hydroxyl groups is 2. The predicted molar refractivity (Wildman–Crippen MR) is 110 cm³/mol. The second-order valence-corrected chi connectivity index (χ2v) is 6.05. The molecule has 0 fully saturated rings. The number of nitrogens with zero attached hydrogens (tertiary/aromatic N) is 2. The second-order valence-electron chi connectivity index (χ2n) is 6.05. The maximum atomic E-state index is 9.81. The van der Waals surface area contributed by atoms with Gasteiger partial charge >= 0.3 is 0 Å². The minimum atomic E-state index is 0.0809. The highest BCUT2D eigenvalue weighted by molar-refractivity contribution is 5.83. The first-order valence-electron chi connectivity index (χ1n) is 9.18. The number of unbranched alkanes of at least 4 members (excludes halogenated alkanes) is 2. The molecule has 29 heavy (non-hydrogen) atoms. The first kappa shape index (κ1) is 21.9. The first-order chi connectivity index (χ1) is 14.1. The Balaban J connectivity index is 1.55. The van der Waals surface area contributed by atoms with Crippen LogP contribution in [0.2, 0.25) is 0 Å². The number of rotatable bonds is 12. The van der Waals surface area contributed by atoms with Gasteiger partial charge in [0.2, 0.25) is 0 Å². The number of phenolic OH excluding ortho intramolecular Hbond substituents is 2. The normalized spacial score (nSPS) is 11.1. The van der Waals surface area contributed by atoms with Crippen LogP contribution in [0.1, 0.15) is 30.4 Å². The lowest BCUT2D eigenvalue weighted by molar-refractivity contribution is 0.125. The Morgan fingerprint density at radius 3 is 1.55 bits per heavy atom. The van der Waals surface area contributed by atoms with Crippen LogP contribution >= 0.6 is 0 Å². The van der Waals surface area contributed by atoms with Crippen LogP contribution < -0.4 is 9.47 Å². The zero-order chi connectivity index (χ0) is 20.9. The summed E-state index contributed by atoms with van der Waals surface area (Å²) in [6, 6.07) is 9.90. The average molecular weight is 402 g/mol. The van der Waals surface area contributed by atoms with Gasteiger partial charge < -0.3 is 29.4 Å². The van der Waals surface area contributed by atoms with Gasteiger partial charge in [0, 0.05) is 23.3 Å². The molecular formula is C21H26N2O6. The molecule has 0 aliphatic heterocycles. The average Bonchev–Trinajstić information content (AvgIpc) is 2.73. The molecule has 0 spiro atoms. The fourth-order valence-corrected chi connectivity index (χ4v) is 2.32. The smallest absolute Gasteiger partial charge is 0.128 e. The van der Waals surface area contributed by atoms with Crippen LogP contribution in [0, 0.1) is 0 Å². The van der Waals surface area contributed by atoms with Gasteiger partial charge in [-0.25, -0.2) is 0 Å². The van der Waals surface area contributed by atoms with Gasteiger partial charge in [0.05, 0.1) is 26.6 Å². The summed E-state index contributed by atoms with van der Waals surface area (Å²) in [5.74, 6) is 1.32. The molecule has 2 aromatic rings. The fourth-order valence-electron chi connectivity index (χ4n) is 2.32. The number of phenols is 2. The lowest BCUT2D eigenvalue weighted by Gasteiger charge is -2.03. The van der Waals surface area contributed by atoms with Crippen molar-refractivity contribution in [1.29, 1.82) is 0 Å². The molecule has 0 bridgehead atoms. The van der Waals surface area contributed by atoms with Crippen LogP contribution in [0.4, 0.5) is 0 Å². The van der Waals surface area contributed by atoms with Crippen molar-refractivity contribution in [2.24, 2.45) is 10.3 Å². The molecule has 0 atom stereocenters. The minimum absolute atomic E-state index is 0.0809. The van der Waals surface area contributed by atoms with E-state index in [1.165, 1.54) is 38.8 Å². The third kappa shape index (κ3) is 7.61. The SMILES string of the molecule is COc1ccc(/C=N/OCCCCCO/N=C/c2ccc(OC)cc2O)c(O)c1. The van der Waals surface area contributed by atoms with Crippen molar-refractivity contribution in [3.8, 4) is 23.0 Å². The summed E-state index contributed by atoms with van der Waals surface area (Å²) in [5.41, 5.74) is 1.11. The van der Waals surface area contributed by atoms with E-state index in [2.05, 4.69) is 10.3 Å². The van der Waals surface area contributed by atoms with Crippen LogP contribution in [0.15, 0.2) is 46.7 Å². The van der Waals surface area contributed by atoms with Crippen molar-refractivity contribution < 1.29 is 29.4 Å². The molecule has 8 heteroatoms. The Hall–Kier alpha value is -3.42. The number of hydrogen-bond acceptors (Lipinski definition) is 8. The summed E-state index contributed by atoms with van der Waals surface area (Å²) in [6.07, 6.45) is 5.45. The summed E-state index contributed by atoms with van der Waals surface area (Å²) in [5, 5.41) is 27.3. The van der Waals surface area contributed by atoms with E-state index in [1.807, 2.05) is 0 Å². The van der Waals surface area contributed by atoms with Crippen LogP contribution in [0.5, 0.6) is 23.0 Å². The van der Waals surface area contributed by atoms with Crippen molar-refractivity contribution in [1.82, 2.24) is 0 Å². The van der Waals surface area contributed by atoms with E-state index < -0.39 is 0 Å². The standard InChI is InChI=1S/C21H26N2O6/c1-26-18-8-6-16(20(24)12-18)14-22-28-10-4-3-5-11-29-23-15-17-7-9-19(27-2)13-21(17)25/h6-9,12-15,24-25H,3-5,10-11H2,1-2H3/b22-14+,23-15+. The Labute approximate surface area is 170 Å². The van der Waals surface area contributed by atoms with E-state index in [9.17, 15) is 10.2 Å². The van der Waals surface area contributed by atoms with Crippen LogP contribution in [-0.4, -0.2) is 50.1 Å². The van der Waals surface area contributed by atoms with Crippen LogP contribution in [0.3, 0.4) is 0 Å². The molecule has 0 heterocycles. The molecule has 0 aliphatic rings. The molecule has 0 unspecified atom stereocenters. The number of ether oxygens (including phenoxy) is 2. The van der Waals surface area contributed by atoms with Gasteiger partial charge in [-0.1, -0.05) is 10.3 Å². The van der Waals surface area contributed by atoms with E-state index in [0.717, 1.165) is 19.3 Å². The molecule has 0 radical (unpaired) electrons. The Morgan fingerprint density at radius 1 is 0.724 bits per heavy atom. The number of methoxy groups -OCH3 is 2. The predicted octanol–water partition coefficient (Wildman–Crippen LogP) is 3.69. The van der Waals surface area contributed by atoms with Gasteiger partial charge in [0.25, 0.3) is 0 Å². The summed E-state index contributed by atoms with van der Waals surface area (Å²) in [6.45, 7) is 0.937. The van der Waals surface area contributed by atoms with Crippen molar-refractivity contribution in [3.05, 3.63) is 47.5 Å². The zero-order valence-corrected chi connectivity index (χ0v) is 16.6. The highest BCUT2D eigenvalue weighted by atomic mass is 16.6. The lowest BCUT2D eigenvalue weighted by atomic mass is 10.2. The van der Waals surface area contributed by atoms with Crippen molar-refractivity contribution in [2.45, 2.75) is 19.3 Å². The number of oxime groups is 2. The first-order valence-corrected chi connectivity index (χ1v) is 9.18. The van der Waals surface area contributed by atoms with Crippen molar-refractivity contribution in [3.63, 3.8) is 0 Å². The molecule has 2 aromatic carbocycles. The minimum Gasteiger partial charge on any atom is -0.507 e. The molecule has 0 saturated carbocycles. The van der Waals surface area contributed by atoms with Gasteiger partial charge in [0.15, 0.2) is 0 Å². The van der Waals surface area contributed by atoms with E-state index in [1.54, 1.807) is 24.3 Å². The molecule has 156 valence electrons. The van der Waals surface area contributed by atoms with Crippen LogP contribution in [0.25, 0.3) is 0 Å². The Morgan fingerprint density at radius 2 is 1.17 bits per heavy atom. The van der Waals surface area contributed by atoms with E-state index in [-0.39, 0.29) is 11.5 Å². The van der Waals surface area contributed by atoms with Crippen molar-refractivity contribution >= 4 is 12.4 Å². The molecule has 0 aromatic heterocycles. The highest BCUT2D eigenvalue weighted by Gasteiger charge is 2.01. The molecular weight excluding hydrogens is 376 g/mol. The summed E-state index contributed by atoms with van der Waals surface area (Å²) in [7, 11) is 3.07. The summed E-state index contributed by atoms with van der Waals surface area (Å²) in [4.78, 5) is 10.4. The maximum absolute atomic E-state index is 9.81. The third-order valence-electron chi connectivity index (χ3n) is 3.98. The fraction of sp³-hybridized carbons (Fsp3) is 0.333. The second kappa shape index (κ2) is 12.1. The van der Waals surface area contributed by atoms with Gasteiger partial charge in [-0.15, -0.1) is 0 Å². The van der Waals surface area contributed by atoms with Gasteiger partial charge in [0.1, 0.15) is 36.2 Å². The van der Waals surface area contributed by atoms with Gasteiger partial charge in [-0.2, -0.15) is 0 Å². The highest BCUT2D eigenvalue weighted by Crippen LogP contribution is 2.22. The van der Waals surface area contributed by atoms with Gasteiger partial charge in [-0.3, -0.25) is 0 Å². The number of benzene rings is 2. The third-order valence-corrected chi connectivity index (χ3v) is 3.98. The molecule has 2 rings (SSSR count). The molecule has 0 aliphatic carbocycles. The monoisotopic (exact) mass is 402 g/mol. The Bertz CT molecular complexity index is 755. The van der Waals surface area contributed by atoms with E-state index in [4.69, 9.17) is 19.1 Å². The largest absolute Gasteiger partial charge is 0.507 e. The number of hydrogen-bond donors (Lipinski definition) is 2. The summed E-state index contributed by atoms with van der Waals surface area (Å²) < 4.78 is 10.0. The molecule has 0 saturated heterocycles. The Kier molecular flexibility index (Phi) is 9.14.